The summed E-state index contributed by atoms with van der Waals surface area (Å²) in [6, 6.07) is 25.3. The maximum atomic E-state index is 14.9. The lowest BCUT2D eigenvalue weighted by Gasteiger charge is -2.42. The molecular formula is C49H63N6O12P. The minimum absolute atomic E-state index is 0.0841. The van der Waals surface area contributed by atoms with Crippen LogP contribution < -0.4 is 16.0 Å². The van der Waals surface area contributed by atoms with Crippen LogP contribution in [0.25, 0.3) is 11.3 Å². The first-order chi connectivity index (χ1) is 32.0. The number of carbonyl (C=O) groups excluding carboxylic acids is 4. The molecule has 68 heavy (non-hydrogen) atoms. The predicted molar refractivity (Wildman–Crippen MR) is 253 cm³/mol. The first kappa shape index (κ1) is 52.6. The largest absolute Gasteiger partial charge is 0.508 e. The van der Waals surface area contributed by atoms with E-state index >= 15 is 0 Å². The first-order valence-electron chi connectivity index (χ1n) is 22.2. The smallest absolute Gasteiger partial charge is 0.453 e. The van der Waals surface area contributed by atoms with Gasteiger partial charge in [-0.25, -0.2) is 23.5 Å². The SMILES string of the molecule is COC(=O)N[C@H](C(=O)N[C@@H](CC[C@](OC(=O)O)(OP(=O)(O)O)[C@H](Cc1ccccc1)NC(=O)[C@@H](N1CCN(Cc2ccccc2)C1=O)C(C)(C)C)Cc1ccc(-c2ccccn2)cc1)C(C)(C)C. The number of nitrogens with one attached hydrogen (secondary N) is 3. The third-order valence-electron chi connectivity index (χ3n) is 11.5. The Bertz CT molecular complexity index is 2380. The van der Waals surface area contributed by atoms with Crippen LogP contribution in [0.3, 0.4) is 0 Å². The quantitative estimate of drug-likeness (QED) is 0.0300. The van der Waals surface area contributed by atoms with Crippen LogP contribution in [0.1, 0.15) is 71.1 Å². The van der Waals surface area contributed by atoms with Gasteiger partial charge in [0.1, 0.15) is 12.1 Å². The molecule has 5 rings (SSSR count). The lowest BCUT2D eigenvalue weighted by molar-refractivity contribution is -0.191. The van der Waals surface area contributed by atoms with Crippen LogP contribution in [0.5, 0.6) is 0 Å². The second-order valence-electron chi connectivity index (χ2n) is 19.0. The minimum atomic E-state index is -5.69. The molecule has 4 aromatic rings. The highest BCUT2D eigenvalue weighted by molar-refractivity contribution is 7.46. The van der Waals surface area contributed by atoms with E-state index in [1.807, 2.05) is 66.7 Å². The van der Waals surface area contributed by atoms with Gasteiger partial charge in [0.05, 0.1) is 18.8 Å². The Morgan fingerprint density at radius 2 is 1.35 bits per heavy atom. The number of carboxylic acid groups (broad SMARTS) is 1. The number of phosphoric ester groups is 1. The lowest BCUT2D eigenvalue weighted by atomic mass is 9.84. The second-order valence-corrected chi connectivity index (χ2v) is 20.1. The van der Waals surface area contributed by atoms with E-state index < -0.39 is 85.1 Å². The van der Waals surface area contributed by atoms with Gasteiger partial charge < -0.3 is 50.1 Å². The topological polar surface area (TPSA) is 246 Å². The van der Waals surface area contributed by atoms with Crippen LogP contribution >= 0.6 is 7.82 Å². The number of rotatable bonds is 20. The molecule has 366 valence electrons. The number of pyridine rings is 1. The molecule has 1 saturated heterocycles. The number of ether oxygens (including phenoxy) is 2. The first-order valence-corrected chi connectivity index (χ1v) is 23.8. The van der Waals surface area contributed by atoms with Gasteiger partial charge >= 0.3 is 26.1 Å². The molecule has 0 radical (unpaired) electrons. The number of methoxy groups -OCH3 is 1. The fourth-order valence-corrected chi connectivity index (χ4v) is 9.01. The van der Waals surface area contributed by atoms with Crippen LogP contribution in [0.15, 0.2) is 109 Å². The number of aromatic nitrogens is 1. The van der Waals surface area contributed by atoms with Gasteiger partial charge in [-0.2, -0.15) is 0 Å². The van der Waals surface area contributed by atoms with Crippen LogP contribution in [0.4, 0.5) is 14.4 Å². The van der Waals surface area contributed by atoms with Crippen molar-refractivity contribution in [2.45, 2.75) is 104 Å². The van der Waals surface area contributed by atoms with Crippen LogP contribution in [-0.2, 0) is 47.5 Å². The van der Waals surface area contributed by atoms with E-state index in [0.29, 0.717) is 17.7 Å². The number of phosphoric acid groups is 1. The van der Waals surface area contributed by atoms with Crippen LogP contribution in [0.2, 0.25) is 0 Å². The molecular weight excluding hydrogens is 896 g/mol. The molecule has 0 unspecified atom stereocenters. The normalized spacial score (nSPS) is 15.9. The van der Waals surface area contributed by atoms with E-state index in [9.17, 15) is 43.4 Å². The Hall–Kier alpha value is -6.33. The van der Waals surface area contributed by atoms with Gasteiger partial charge in [0, 0.05) is 43.9 Å². The summed E-state index contributed by atoms with van der Waals surface area (Å²) in [6.45, 7) is 11.3. The Balaban J connectivity index is 1.56. The van der Waals surface area contributed by atoms with E-state index in [1.165, 1.54) is 4.90 Å². The summed E-state index contributed by atoms with van der Waals surface area (Å²) in [5.74, 6) is -4.23. The summed E-state index contributed by atoms with van der Waals surface area (Å²) in [4.78, 5) is 97.1. The predicted octanol–water partition coefficient (Wildman–Crippen LogP) is 6.91. The molecule has 0 spiro atoms. The number of hydrogen-bond donors (Lipinski definition) is 6. The molecule has 18 nitrogen and oxygen atoms in total. The van der Waals surface area contributed by atoms with Crippen molar-refractivity contribution in [2.24, 2.45) is 10.8 Å². The van der Waals surface area contributed by atoms with Crippen molar-refractivity contribution in [3.8, 4) is 11.3 Å². The molecule has 0 bridgehead atoms. The Labute approximate surface area is 397 Å². The minimum Gasteiger partial charge on any atom is -0.453 e. The summed E-state index contributed by atoms with van der Waals surface area (Å²) in [7, 11) is -4.53. The van der Waals surface area contributed by atoms with Crippen molar-refractivity contribution in [3.05, 3.63) is 126 Å². The molecule has 1 fully saturated rings. The van der Waals surface area contributed by atoms with Crippen molar-refractivity contribution in [1.82, 2.24) is 30.7 Å². The average Bonchev–Trinajstić information content (AvgIpc) is 3.61. The van der Waals surface area contributed by atoms with Gasteiger partial charge in [-0.1, -0.05) is 133 Å². The molecule has 1 aliphatic heterocycles. The summed E-state index contributed by atoms with van der Waals surface area (Å²) in [5, 5.41) is 18.7. The molecule has 0 aliphatic carbocycles. The number of urea groups is 1. The monoisotopic (exact) mass is 958 g/mol. The zero-order valence-corrected chi connectivity index (χ0v) is 40.4. The third kappa shape index (κ3) is 14.8. The maximum absolute atomic E-state index is 14.9. The van der Waals surface area contributed by atoms with E-state index in [4.69, 9.17) is 14.0 Å². The van der Waals surface area contributed by atoms with Gasteiger partial charge in [-0.3, -0.25) is 14.6 Å². The van der Waals surface area contributed by atoms with Crippen molar-refractivity contribution in [2.75, 3.05) is 20.2 Å². The number of carbonyl (C=O) groups is 5. The molecule has 2 heterocycles. The number of nitrogens with zero attached hydrogens (tertiary/aromatic N) is 3. The fraction of sp³-hybridized carbons (Fsp3) is 0.429. The number of alkyl carbamates (subject to hydrolysis) is 1. The van der Waals surface area contributed by atoms with Crippen LogP contribution in [-0.4, -0.2) is 110 Å². The van der Waals surface area contributed by atoms with Crippen molar-refractivity contribution in [1.29, 1.82) is 0 Å². The number of amides is 5. The van der Waals surface area contributed by atoms with E-state index in [-0.39, 0.29) is 32.4 Å². The van der Waals surface area contributed by atoms with Gasteiger partial charge in [-0.05, 0) is 58.9 Å². The van der Waals surface area contributed by atoms with Gasteiger partial charge in [0.25, 0.3) is 0 Å². The molecule has 6 N–H and O–H groups in total. The summed E-state index contributed by atoms with van der Waals surface area (Å²) >= 11 is 0. The standard InChI is InChI=1S/C49H63N6O12P/c1-47(2,3)40(53-44(58)65-7)42(56)51-37(30-34-21-23-36(24-22-34)38-20-14-15-27-50-38)25-26-49(66-46(60)61,67-68(62,63)64)39(31-33-16-10-8-11-17-33)52-43(57)41(48(4,5)6)55-29-28-54(45(55)59)32-35-18-12-9-13-19-35/h8-24,27,37,39-41H,25-26,28-32H2,1-7H3,(H,51,56)(H,52,57)(H,53,58)(H,60,61)(H2,62,63,64)/t37-,39-,40+,41+,49-/m0/s1. The highest BCUT2D eigenvalue weighted by Gasteiger charge is 2.52. The molecule has 3 aromatic carbocycles. The second kappa shape index (κ2) is 22.6. The molecule has 1 aromatic heterocycles. The van der Waals surface area contributed by atoms with E-state index in [1.54, 1.807) is 89.0 Å². The van der Waals surface area contributed by atoms with Crippen molar-refractivity contribution in [3.63, 3.8) is 0 Å². The Morgan fingerprint density at radius 1 is 0.750 bits per heavy atom. The van der Waals surface area contributed by atoms with E-state index in [2.05, 4.69) is 20.9 Å². The Morgan fingerprint density at radius 3 is 1.90 bits per heavy atom. The third-order valence-corrected chi connectivity index (χ3v) is 12.1. The summed E-state index contributed by atoms with van der Waals surface area (Å²) in [6.07, 6.45) is -2.27. The zero-order chi connectivity index (χ0) is 49.9. The van der Waals surface area contributed by atoms with Crippen molar-refractivity contribution >= 4 is 37.9 Å². The summed E-state index contributed by atoms with van der Waals surface area (Å²) < 4.78 is 28.9. The molecule has 5 amide bonds. The zero-order valence-electron chi connectivity index (χ0n) is 39.5. The molecule has 1 aliphatic rings. The van der Waals surface area contributed by atoms with Crippen molar-refractivity contribution < 1.29 is 57.4 Å². The average molecular weight is 959 g/mol. The molecule has 5 atom stereocenters. The highest BCUT2D eigenvalue weighted by atomic mass is 31.2. The fourth-order valence-electron chi connectivity index (χ4n) is 8.35. The summed E-state index contributed by atoms with van der Waals surface area (Å²) in [5.41, 5.74) is 1.83. The van der Waals surface area contributed by atoms with Crippen LogP contribution in [0, 0.1) is 10.8 Å². The lowest BCUT2D eigenvalue weighted by Crippen LogP contribution is -2.63. The Kier molecular flexibility index (Phi) is 17.5. The number of benzene rings is 3. The van der Waals surface area contributed by atoms with Gasteiger partial charge in [-0.15, -0.1) is 0 Å². The van der Waals surface area contributed by atoms with E-state index in [0.717, 1.165) is 23.9 Å². The van der Waals surface area contributed by atoms with Gasteiger partial charge in [0.2, 0.25) is 17.6 Å². The molecule has 19 heteroatoms. The molecule has 0 saturated carbocycles. The highest BCUT2D eigenvalue weighted by Crippen LogP contribution is 2.46. The maximum Gasteiger partial charge on any atom is 0.508 e. The van der Waals surface area contributed by atoms with Gasteiger partial charge in [0.15, 0.2) is 0 Å². The number of hydrogen-bond acceptors (Lipinski definition) is 10.